The number of benzene rings is 1. The highest BCUT2D eigenvalue weighted by atomic mass is 16.5. The molecule has 0 saturated heterocycles. The molecule has 1 aromatic rings. The first kappa shape index (κ1) is 17.1. The van der Waals surface area contributed by atoms with Crippen LogP contribution in [-0.2, 0) is 19.1 Å². The molecule has 21 heavy (non-hydrogen) atoms. The fraction of sp³-hybridized carbons (Fsp3) is 0.467. The molecule has 0 radical (unpaired) electrons. The van der Waals surface area contributed by atoms with Crippen molar-refractivity contribution in [3.05, 3.63) is 35.9 Å². The normalized spacial score (nSPS) is 15.0. The number of carboxylic acids is 1. The summed E-state index contributed by atoms with van der Waals surface area (Å²) in [6.45, 7) is 3.36. The van der Waals surface area contributed by atoms with Crippen molar-refractivity contribution >= 4 is 11.9 Å². The lowest BCUT2D eigenvalue weighted by Gasteiger charge is -2.28. The van der Waals surface area contributed by atoms with Crippen molar-refractivity contribution in [3.63, 3.8) is 0 Å². The van der Waals surface area contributed by atoms with Crippen LogP contribution < -0.4 is 5.32 Å². The highest BCUT2D eigenvalue weighted by Gasteiger charge is 2.37. The number of methoxy groups -OCH3 is 1. The van der Waals surface area contributed by atoms with Gasteiger partial charge in [-0.15, -0.1) is 0 Å². The maximum absolute atomic E-state index is 12.4. The summed E-state index contributed by atoms with van der Waals surface area (Å²) in [5.41, 5.74) is -0.835. The Morgan fingerprint density at radius 2 is 1.95 bits per heavy atom. The summed E-state index contributed by atoms with van der Waals surface area (Å²) < 4.78 is 10.3. The van der Waals surface area contributed by atoms with E-state index in [1.54, 1.807) is 31.2 Å². The maximum atomic E-state index is 12.4. The molecule has 0 aromatic heterocycles. The molecular formula is C15H21NO5. The van der Waals surface area contributed by atoms with Gasteiger partial charge in [-0.3, -0.25) is 4.79 Å². The molecule has 2 atom stereocenters. The quantitative estimate of drug-likeness (QED) is 0.756. The number of hydrogen-bond acceptors (Lipinski definition) is 4. The molecule has 1 rings (SSSR count). The van der Waals surface area contributed by atoms with Crippen molar-refractivity contribution < 1.29 is 24.2 Å². The predicted molar refractivity (Wildman–Crippen MR) is 76.9 cm³/mol. The third-order valence-electron chi connectivity index (χ3n) is 2.98. The van der Waals surface area contributed by atoms with Gasteiger partial charge in [0.05, 0.1) is 6.61 Å². The highest BCUT2D eigenvalue weighted by molar-refractivity contribution is 5.89. The van der Waals surface area contributed by atoms with E-state index in [9.17, 15) is 14.7 Å². The number of hydrogen-bond donors (Lipinski definition) is 2. The van der Waals surface area contributed by atoms with Gasteiger partial charge in [0.1, 0.15) is 0 Å². The van der Waals surface area contributed by atoms with Gasteiger partial charge in [-0.1, -0.05) is 30.3 Å². The van der Waals surface area contributed by atoms with Crippen molar-refractivity contribution in [3.8, 4) is 0 Å². The Morgan fingerprint density at radius 3 is 2.43 bits per heavy atom. The zero-order valence-electron chi connectivity index (χ0n) is 12.5. The minimum Gasteiger partial charge on any atom is -0.479 e. The van der Waals surface area contributed by atoms with Gasteiger partial charge in [0.2, 0.25) is 0 Å². The number of rotatable bonds is 8. The summed E-state index contributed by atoms with van der Waals surface area (Å²) in [4.78, 5) is 23.7. The van der Waals surface area contributed by atoms with Gasteiger partial charge in [0.25, 0.3) is 5.91 Å². The summed E-state index contributed by atoms with van der Waals surface area (Å²) in [5.74, 6) is -1.67. The Morgan fingerprint density at radius 1 is 1.33 bits per heavy atom. The molecule has 2 unspecified atom stereocenters. The Kier molecular flexibility index (Phi) is 6.33. The van der Waals surface area contributed by atoms with Gasteiger partial charge >= 0.3 is 5.97 Å². The van der Waals surface area contributed by atoms with Crippen molar-refractivity contribution in [1.29, 1.82) is 0 Å². The molecule has 6 nitrogen and oxygen atoms in total. The standard InChI is InChI=1S/C15H21NO5/c1-4-21-12(11-8-6-5-7-9-11)13(17)16-15(2,10-20-3)14(18)19/h5-9,12H,4,10H2,1-3H3,(H,16,17)(H,18,19). The second-order valence-corrected chi connectivity index (χ2v) is 4.81. The van der Waals surface area contributed by atoms with E-state index in [1.165, 1.54) is 14.0 Å². The third kappa shape index (κ3) is 4.54. The first-order valence-corrected chi connectivity index (χ1v) is 6.65. The first-order valence-electron chi connectivity index (χ1n) is 6.65. The monoisotopic (exact) mass is 295 g/mol. The molecule has 0 bridgehead atoms. The minimum atomic E-state index is -1.50. The van der Waals surface area contributed by atoms with Crippen LogP contribution >= 0.6 is 0 Å². The summed E-state index contributed by atoms with van der Waals surface area (Å²) in [5, 5.41) is 11.7. The topological polar surface area (TPSA) is 84.9 Å². The summed E-state index contributed by atoms with van der Waals surface area (Å²) in [6.07, 6.45) is -0.855. The zero-order valence-corrected chi connectivity index (χ0v) is 12.5. The molecule has 0 saturated carbocycles. The minimum absolute atomic E-state index is 0.137. The van der Waals surface area contributed by atoms with Crippen LogP contribution in [0.15, 0.2) is 30.3 Å². The van der Waals surface area contributed by atoms with Gasteiger partial charge in [-0.05, 0) is 19.4 Å². The van der Waals surface area contributed by atoms with Crippen LogP contribution in [-0.4, -0.2) is 42.8 Å². The van der Waals surface area contributed by atoms with Crippen LogP contribution in [0.4, 0.5) is 0 Å². The van der Waals surface area contributed by atoms with E-state index in [4.69, 9.17) is 9.47 Å². The van der Waals surface area contributed by atoms with Crippen molar-refractivity contribution in [2.24, 2.45) is 0 Å². The number of amides is 1. The van der Waals surface area contributed by atoms with Crippen LogP contribution in [0.5, 0.6) is 0 Å². The van der Waals surface area contributed by atoms with E-state index in [2.05, 4.69) is 5.32 Å². The lowest BCUT2D eigenvalue weighted by molar-refractivity contribution is -0.151. The van der Waals surface area contributed by atoms with E-state index in [0.717, 1.165) is 0 Å². The van der Waals surface area contributed by atoms with Crippen molar-refractivity contribution in [1.82, 2.24) is 5.32 Å². The molecule has 116 valence electrons. The van der Waals surface area contributed by atoms with Crippen molar-refractivity contribution in [2.75, 3.05) is 20.3 Å². The molecule has 1 amide bonds. The highest BCUT2D eigenvalue weighted by Crippen LogP contribution is 2.19. The van der Waals surface area contributed by atoms with Gasteiger partial charge in [0.15, 0.2) is 11.6 Å². The zero-order chi connectivity index (χ0) is 15.9. The Labute approximate surface area is 124 Å². The molecule has 6 heteroatoms. The molecule has 0 heterocycles. The van der Waals surface area contributed by atoms with Crippen LogP contribution in [0.3, 0.4) is 0 Å². The first-order chi connectivity index (χ1) is 9.94. The lowest BCUT2D eigenvalue weighted by Crippen LogP contribution is -2.56. The van der Waals surface area contributed by atoms with E-state index in [1.807, 2.05) is 6.07 Å². The Hall–Kier alpha value is -1.92. The predicted octanol–water partition coefficient (Wildman–Crippen LogP) is 1.37. The largest absolute Gasteiger partial charge is 0.479 e. The summed E-state index contributed by atoms with van der Waals surface area (Å²) >= 11 is 0. The van der Waals surface area contributed by atoms with Crippen LogP contribution in [0, 0.1) is 0 Å². The Balaban J connectivity index is 2.94. The molecule has 2 N–H and O–H groups in total. The molecule has 0 aliphatic heterocycles. The van der Waals surface area contributed by atoms with Crippen LogP contribution in [0.1, 0.15) is 25.5 Å². The number of aliphatic carboxylic acids is 1. The second kappa shape index (κ2) is 7.75. The fourth-order valence-corrected chi connectivity index (χ4v) is 1.90. The number of carbonyl (C=O) groups excluding carboxylic acids is 1. The number of carbonyl (C=O) groups is 2. The van der Waals surface area contributed by atoms with Gasteiger partial charge in [0, 0.05) is 13.7 Å². The summed E-state index contributed by atoms with van der Waals surface area (Å²) in [7, 11) is 1.38. The molecular weight excluding hydrogens is 274 g/mol. The fourth-order valence-electron chi connectivity index (χ4n) is 1.90. The summed E-state index contributed by atoms with van der Waals surface area (Å²) in [6, 6.07) is 8.93. The van der Waals surface area contributed by atoms with Gasteiger partial charge in [-0.25, -0.2) is 4.79 Å². The van der Waals surface area contributed by atoms with Crippen LogP contribution in [0.2, 0.25) is 0 Å². The van der Waals surface area contributed by atoms with E-state index < -0.39 is 23.5 Å². The number of carboxylic acid groups (broad SMARTS) is 1. The average Bonchev–Trinajstić information content (AvgIpc) is 2.45. The lowest BCUT2D eigenvalue weighted by atomic mass is 10.0. The molecule has 0 fully saturated rings. The van der Waals surface area contributed by atoms with Crippen LogP contribution in [0.25, 0.3) is 0 Å². The maximum Gasteiger partial charge on any atom is 0.331 e. The number of ether oxygens (including phenoxy) is 2. The van der Waals surface area contributed by atoms with Gasteiger partial charge < -0.3 is 19.9 Å². The Bertz CT molecular complexity index is 476. The third-order valence-corrected chi connectivity index (χ3v) is 2.98. The SMILES string of the molecule is CCOC(C(=O)NC(C)(COC)C(=O)O)c1ccccc1. The molecule has 1 aromatic carbocycles. The van der Waals surface area contributed by atoms with E-state index >= 15 is 0 Å². The second-order valence-electron chi connectivity index (χ2n) is 4.81. The smallest absolute Gasteiger partial charge is 0.331 e. The van der Waals surface area contributed by atoms with E-state index in [-0.39, 0.29) is 6.61 Å². The average molecular weight is 295 g/mol. The molecule has 0 aliphatic carbocycles. The molecule has 0 spiro atoms. The van der Waals surface area contributed by atoms with E-state index in [0.29, 0.717) is 12.2 Å². The molecule has 0 aliphatic rings. The van der Waals surface area contributed by atoms with Crippen molar-refractivity contribution in [2.45, 2.75) is 25.5 Å². The number of nitrogens with one attached hydrogen (secondary N) is 1. The van der Waals surface area contributed by atoms with Gasteiger partial charge in [-0.2, -0.15) is 0 Å².